The Hall–Kier alpha value is -3.45. The number of ether oxygens (including phenoxy) is 6. The third-order valence-electron chi connectivity index (χ3n) is 5.15. The van der Waals surface area contributed by atoms with Crippen LogP contribution >= 0.6 is 0 Å². The Kier molecular flexibility index (Phi) is 7.89. The molecule has 5 atom stereocenters. The van der Waals surface area contributed by atoms with Crippen LogP contribution in [0.15, 0.2) is 30.3 Å². The van der Waals surface area contributed by atoms with Crippen LogP contribution in [0.5, 0.6) is 34.5 Å². The number of benzene rings is 2. The van der Waals surface area contributed by atoms with Gasteiger partial charge in [0.15, 0.2) is 23.0 Å². The summed E-state index contributed by atoms with van der Waals surface area (Å²) >= 11 is 0. The van der Waals surface area contributed by atoms with Crippen LogP contribution in [0.1, 0.15) is 10.4 Å². The second kappa shape index (κ2) is 10.7. The van der Waals surface area contributed by atoms with Gasteiger partial charge in [0.05, 0.1) is 26.9 Å². The van der Waals surface area contributed by atoms with Gasteiger partial charge >= 0.3 is 5.97 Å². The molecule has 0 bridgehead atoms. The first-order valence-electron chi connectivity index (χ1n) is 10.1. The quantitative estimate of drug-likeness (QED) is 0.323. The topological polar surface area (TPSA) is 174 Å². The number of carbonyl (C=O) groups excluding carboxylic acids is 1. The number of rotatable bonds is 8. The van der Waals surface area contributed by atoms with Crippen LogP contribution in [0, 0.1) is 0 Å². The zero-order chi connectivity index (χ0) is 25.0. The first-order chi connectivity index (χ1) is 16.2. The van der Waals surface area contributed by atoms with E-state index in [2.05, 4.69) is 0 Å². The highest BCUT2D eigenvalue weighted by Crippen LogP contribution is 2.37. The average Bonchev–Trinajstić information content (AvgIpc) is 2.84. The molecule has 1 heterocycles. The van der Waals surface area contributed by atoms with Gasteiger partial charge in [-0.3, -0.25) is 0 Å². The van der Waals surface area contributed by atoms with Gasteiger partial charge in [-0.2, -0.15) is 0 Å². The third-order valence-corrected chi connectivity index (χ3v) is 5.15. The molecule has 1 fully saturated rings. The van der Waals surface area contributed by atoms with Gasteiger partial charge in [0.25, 0.3) is 0 Å². The first kappa shape index (κ1) is 25.2. The van der Waals surface area contributed by atoms with Crippen molar-refractivity contribution >= 4 is 5.97 Å². The maximum atomic E-state index is 12.5. The molecule has 3 rings (SSSR count). The predicted octanol–water partition coefficient (Wildman–Crippen LogP) is 0.167. The largest absolute Gasteiger partial charge is 0.508 e. The summed E-state index contributed by atoms with van der Waals surface area (Å²) in [7, 11) is 3.94. The summed E-state index contributed by atoms with van der Waals surface area (Å²) in [4.78, 5) is 12.5. The number of phenolic OH excluding ortho intramolecular Hbond substituents is 2. The number of methoxy groups -OCH3 is 3. The van der Waals surface area contributed by atoms with Crippen molar-refractivity contribution in [3.05, 3.63) is 35.9 Å². The van der Waals surface area contributed by atoms with Crippen LogP contribution in [0.25, 0.3) is 0 Å². The molecule has 0 amide bonds. The van der Waals surface area contributed by atoms with E-state index in [1.165, 1.54) is 51.7 Å². The number of hydrogen-bond donors (Lipinski definition) is 5. The molecule has 1 unspecified atom stereocenters. The lowest BCUT2D eigenvalue weighted by atomic mass is 9.99. The molecule has 5 N–H and O–H groups in total. The second-order valence-corrected chi connectivity index (χ2v) is 7.30. The first-order valence-corrected chi connectivity index (χ1v) is 10.1. The molecular weight excluding hydrogens is 456 g/mol. The van der Waals surface area contributed by atoms with Gasteiger partial charge in [0.1, 0.15) is 36.8 Å². The van der Waals surface area contributed by atoms with Crippen molar-refractivity contribution in [2.24, 2.45) is 0 Å². The van der Waals surface area contributed by atoms with E-state index in [0.717, 1.165) is 0 Å². The zero-order valence-corrected chi connectivity index (χ0v) is 18.6. The standard InChI is InChI=1S/C22H26O12/c1-29-13-8-11(23)4-5-12(13)33-22-20(27)19(26)18(25)16(34-22)9-32-21(28)10-6-14(30-2)17(24)15(7-10)31-3/h4-8,16,18-20,22-27H,9H2,1-3H3/t16-,18-,19+,20-,22?/m0/s1. The fourth-order valence-corrected chi connectivity index (χ4v) is 3.28. The Morgan fingerprint density at radius 3 is 2.06 bits per heavy atom. The minimum atomic E-state index is -1.68. The van der Waals surface area contributed by atoms with Crippen LogP contribution in [-0.2, 0) is 9.47 Å². The Balaban J connectivity index is 1.72. The van der Waals surface area contributed by atoms with Crippen molar-refractivity contribution in [2.45, 2.75) is 30.7 Å². The molecule has 0 spiro atoms. The van der Waals surface area contributed by atoms with Gasteiger partial charge in [-0.05, 0) is 24.3 Å². The molecule has 1 aliphatic heterocycles. The maximum absolute atomic E-state index is 12.5. The minimum absolute atomic E-state index is 0.0148. The van der Waals surface area contributed by atoms with Gasteiger partial charge in [-0.25, -0.2) is 4.79 Å². The van der Waals surface area contributed by atoms with Gasteiger partial charge in [-0.1, -0.05) is 0 Å². The lowest BCUT2D eigenvalue weighted by Crippen LogP contribution is -2.60. The van der Waals surface area contributed by atoms with Gasteiger partial charge in [0, 0.05) is 6.07 Å². The monoisotopic (exact) mass is 482 g/mol. The molecule has 0 radical (unpaired) electrons. The van der Waals surface area contributed by atoms with Gasteiger partial charge < -0.3 is 54.0 Å². The van der Waals surface area contributed by atoms with E-state index < -0.39 is 43.3 Å². The molecular formula is C22H26O12. The highest BCUT2D eigenvalue weighted by atomic mass is 16.7. The molecule has 2 aromatic rings. The third kappa shape index (κ3) is 5.20. The lowest BCUT2D eigenvalue weighted by molar-refractivity contribution is -0.277. The van der Waals surface area contributed by atoms with E-state index in [-0.39, 0.29) is 40.1 Å². The minimum Gasteiger partial charge on any atom is -0.508 e. The van der Waals surface area contributed by atoms with Crippen LogP contribution in [0.2, 0.25) is 0 Å². The van der Waals surface area contributed by atoms with Crippen molar-refractivity contribution in [3.8, 4) is 34.5 Å². The molecule has 186 valence electrons. The Morgan fingerprint density at radius 1 is 0.853 bits per heavy atom. The number of aliphatic hydroxyl groups excluding tert-OH is 3. The molecule has 0 aromatic heterocycles. The normalized spacial score (nSPS) is 24.2. The summed E-state index contributed by atoms with van der Waals surface area (Å²) in [5.74, 6) is -1.05. The highest BCUT2D eigenvalue weighted by molar-refractivity contribution is 5.91. The molecule has 0 aliphatic carbocycles. The fraction of sp³-hybridized carbons (Fsp3) is 0.409. The zero-order valence-electron chi connectivity index (χ0n) is 18.6. The Bertz CT molecular complexity index is 984. The SMILES string of the molecule is COc1cc(O)ccc1OC1O[C@@H](COC(=O)c2cc(OC)c(O)c(OC)c2)[C@H](O)[C@@H](O)[C@@H]1O. The van der Waals surface area contributed by atoms with Crippen LogP contribution in [0.4, 0.5) is 0 Å². The number of phenols is 2. The number of aromatic hydroxyl groups is 2. The molecule has 12 nitrogen and oxygen atoms in total. The van der Waals surface area contributed by atoms with E-state index in [0.29, 0.717) is 0 Å². The molecule has 0 saturated carbocycles. The van der Waals surface area contributed by atoms with E-state index in [4.69, 9.17) is 28.4 Å². The van der Waals surface area contributed by atoms with Crippen molar-refractivity contribution in [1.82, 2.24) is 0 Å². The molecule has 2 aromatic carbocycles. The van der Waals surface area contributed by atoms with Gasteiger partial charge in [0.2, 0.25) is 12.0 Å². The van der Waals surface area contributed by atoms with Gasteiger partial charge in [-0.15, -0.1) is 0 Å². The molecule has 34 heavy (non-hydrogen) atoms. The second-order valence-electron chi connectivity index (χ2n) is 7.30. The van der Waals surface area contributed by atoms with Crippen molar-refractivity contribution in [2.75, 3.05) is 27.9 Å². The number of esters is 1. The predicted molar refractivity (Wildman–Crippen MR) is 113 cm³/mol. The van der Waals surface area contributed by atoms with Crippen LogP contribution < -0.4 is 18.9 Å². The lowest BCUT2D eigenvalue weighted by Gasteiger charge is -2.40. The molecule has 1 aliphatic rings. The van der Waals surface area contributed by atoms with Crippen LogP contribution in [-0.4, -0.2) is 90.1 Å². The summed E-state index contributed by atoms with van der Waals surface area (Å²) in [6.07, 6.45) is -7.66. The van der Waals surface area contributed by atoms with Crippen molar-refractivity contribution in [1.29, 1.82) is 0 Å². The summed E-state index contributed by atoms with van der Waals surface area (Å²) in [6, 6.07) is 6.43. The summed E-state index contributed by atoms with van der Waals surface area (Å²) in [5.41, 5.74) is -0.0148. The number of hydrogen-bond acceptors (Lipinski definition) is 12. The van der Waals surface area contributed by atoms with Crippen molar-refractivity contribution in [3.63, 3.8) is 0 Å². The van der Waals surface area contributed by atoms with Crippen LogP contribution in [0.3, 0.4) is 0 Å². The molecule has 1 saturated heterocycles. The average molecular weight is 482 g/mol. The van der Waals surface area contributed by atoms with Crippen molar-refractivity contribution < 1.29 is 58.7 Å². The van der Waals surface area contributed by atoms with E-state index in [1.54, 1.807) is 0 Å². The van der Waals surface area contributed by atoms with E-state index in [9.17, 15) is 30.3 Å². The number of carbonyl (C=O) groups is 1. The molecule has 12 heteroatoms. The number of aliphatic hydroxyl groups is 3. The maximum Gasteiger partial charge on any atom is 0.338 e. The Morgan fingerprint density at radius 2 is 1.47 bits per heavy atom. The smallest absolute Gasteiger partial charge is 0.338 e. The highest BCUT2D eigenvalue weighted by Gasteiger charge is 2.45. The summed E-state index contributed by atoms with van der Waals surface area (Å²) in [6.45, 7) is -0.512. The summed E-state index contributed by atoms with van der Waals surface area (Å²) < 4.78 is 31.4. The fourth-order valence-electron chi connectivity index (χ4n) is 3.28. The Labute approximate surface area is 194 Å². The summed E-state index contributed by atoms with van der Waals surface area (Å²) in [5, 5.41) is 50.4. The van der Waals surface area contributed by atoms with E-state index >= 15 is 0 Å². The van der Waals surface area contributed by atoms with E-state index in [1.807, 2.05) is 0 Å².